The number of primary amides is 1. The molecule has 96 heavy (non-hydrogen) atoms. The van der Waals surface area contributed by atoms with Crippen LogP contribution in [0.2, 0.25) is 0 Å². The van der Waals surface area contributed by atoms with Crippen LogP contribution in [-0.2, 0) is 57.6 Å². The van der Waals surface area contributed by atoms with E-state index in [4.69, 9.17) is 45.9 Å². The van der Waals surface area contributed by atoms with Gasteiger partial charge in [0.15, 0.2) is 17.9 Å². The third-order valence-corrected chi connectivity index (χ3v) is 16.6. The lowest BCUT2D eigenvalue weighted by Crippen LogP contribution is -2.60. The van der Waals surface area contributed by atoms with E-state index in [1.165, 1.54) is 19.3 Å². The van der Waals surface area contributed by atoms with Gasteiger partial charge in [0, 0.05) is 103 Å². The molecular weight excluding hydrogens is 1230 g/mol. The van der Waals surface area contributed by atoms with Crippen molar-refractivity contribution in [1.82, 2.24) is 52.2 Å². The monoisotopic (exact) mass is 1330 g/mol. The Balaban J connectivity index is 1.27. The SMILES string of the molecule is CCCCCCCCCC(=O)NCCCC[C@H](NC(=O)[C@@H](Cc1c[nH]c2ccccc12)NC(=O)[C@@H](CCCN=C(N)N)NC(=O)[C@@H](Cc1c[nH]c2ccccc12)NC(=O)[C@H](CCCN=C(N)N)NC(=O)[C@H](Cc1c[nH]c2ccccc12)NC(=O)[C@H](N)CCCN=C(N)N)C(N)=O. The molecule has 0 radical (unpaired) electrons. The molecule has 29 heteroatoms. The summed E-state index contributed by atoms with van der Waals surface area (Å²) in [7, 11) is 0. The second-order valence-electron chi connectivity index (χ2n) is 24.1. The van der Waals surface area contributed by atoms with Crippen LogP contribution in [0.25, 0.3) is 32.7 Å². The summed E-state index contributed by atoms with van der Waals surface area (Å²) in [5.74, 6) is -6.02. The molecule has 0 aliphatic rings. The summed E-state index contributed by atoms with van der Waals surface area (Å²) in [4.78, 5) is 136. The van der Waals surface area contributed by atoms with Crippen LogP contribution in [0.1, 0.15) is 133 Å². The molecule has 6 rings (SSSR count). The number of benzene rings is 3. The topological polar surface area (TPSA) is 513 Å². The van der Waals surface area contributed by atoms with Crippen molar-refractivity contribution in [2.45, 2.75) is 178 Å². The van der Waals surface area contributed by atoms with Crippen LogP contribution in [0, 0.1) is 0 Å². The predicted octanol–water partition coefficient (Wildman–Crippen LogP) is 1.47. The lowest BCUT2D eigenvalue weighted by Gasteiger charge is -2.28. The van der Waals surface area contributed by atoms with Crippen LogP contribution >= 0.6 is 0 Å². The average molecular weight is 1330 g/mol. The Morgan fingerprint density at radius 3 is 1.15 bits per heavy atom. The second-order valence-corrected chi connectivity index (χ2v) is 24.1. The molecular formula is C67H99N21O8. The van der Waals surface area contributed by atoms with E-state index in [9.17, 15) is 24.0 Å². The first-order valence-electron chi connectivity index (χ1n) is 33.2. The smallest absolute Gasteiger partial charge is 0.243 e. The molecule has 520 valence electrons. The number of aromatic amines is 3. The van der Waals surface area contributed by atoms with Gasteiger partial charge in [0.25, 0.3) is 0 Å². The van der Waals surface area contributed by atoms with Gasteiger partial charge in [-0.1, -0.05) is 100 Å². The number of carbonyl (C=O) groups is 8. The van der Waals surface area contributed by atoms with Crippen molar-refractivity contribution in [2.24, 2.45) is 60.8 Å². The molecule has 0 bridgehead atoms. The normalized spacial score (nSPS) is 13.4. The van der Waals surface area contributed by atoms with E-state index in [0.29, 0.717) is 48.9 Å². The van der Waals surface area contributed by atoms with Crippen molar-refractivity contribution in [2.75, 3.05) is 26.2 Å². The lowest BCUT2D eigenvalue weighted by atomic mass is 10.0. The van der Waals surface area contributed by atoms with E-state index >= 15 is 14.4 Å². The van der Waals surface area contributed by atoms with Crippen LogP contribution in [0.4, 0.5) is 0 Å². The number of fused-ring (bicyclic) bond motifs is 3. The summed E-state index contributed by atoms with van der Waals surface area (Å²) in [5, 5.41) is 22.2. The fraction of sp³-hybridized carbons (Fsp3) is 0.478. The molecule has 0 spiro atoms. The van der Waals surface area contributed by atoms with Crippen LogP contribution < -0.4 is 83.1 Å². The first-order valence-corrected chi connectivity index (χ1v) is 33.2. The second kappa shape index (κ2) is 39.5. The van der Waals surface area contributed by atoms with Gasteiger partial charge in [-0.3, -0.25) is 53.3 Å². The zero-order valence-corrected chi connectivity index (χ0v) is 54.9. The number of guanidine groups is 3. The third-order valence-electron chi connectivity index (χ3n) is 16.6. The lowest BCUT2D eigenvalue weighted by molar-refractivity contribution is -0.135. The van der Waals surface area contributed by atoms with Crippen LogP contribution in [0.5, 0.6) is 0 Å². The van der Waals surface area contributed by atoms with E-state index in [1.54, 1.807) is 18.6 Å². The Morgan fingerprint density at radius 2 is 0.740 bits per heavy atom. The number of hydrogen-bond donors (Lipinski definition) is 18. The quantitative estimate of drug-likeness (QED) is 0.0146. The van der Waals surface area contributed by atoms with Crippen molar-refractivity contribution in [3.8, 4) is 0 Å². The van der Waals surface area contributed by atoms with Crippen molar-refractivity contribution in [3.05, 3.63) is 108 Å². The highest BCUT2D eigenvalue weighted by Crippen LogP contribution is 2.23. The Morgan fingerprint density at radius 1 is 0.396 bits per heavy atom. The minimum Gasteiger partial charge on any atom is -0.370 e. The maximum atomic E-state index is 15.3. The van der Waals surface area contributed by atoms with Gasteiger partial charge in [-0.15, -0.1) is 0 Å². The van der Waals surface area contributed by atoms with E-state index < -0.39 is 83.6 Å². The molecule has 6 aromatic rings. The molecule has 0 saturated carbocycles. The number of para-hydroxylation sites is 3. The first-order chi connectivity index (χ1) is 46.2. The van der Waals surface area contributed by atoms with E-state index in [2.05, 4.69) is 74.1 Å². The Hall–Kier alpha value is -10.2. The molecule has 3 aromatic heterocycles. The molecule has 3 heterocycles. The number of nitrogens with zero attached hydrogens (tertiary/aromatic N) is 3. The van der Waals surface area contributed by atoms with E-state index in [-0.39, 0.29) is 101 Å². The van der Waals surface area contributed by atoms with Gasteiger partial charge in [0.05, 0.1) is 6.04 Å². The molecule has 0 unspecified atom stereocenters. The number of carbonyl (C=O) groups excluding carboxylic acids is 8. The largest absolute Gasteiger partial charge is 0.370 e. The molecule has 0 aliphatic carbocycles. The van der Waals surface area contributed by atoms with Crippen molar-refractivity contribution >= 4 is 97.8 Å². The summed E-state index contributed by atoms with van der Waals surface area (Å²) < 4.78 is 0. The molecule has 0 saturated heterocycles. The number of aliphatic imine (C=N–C) groups is 3. The number of nitrogens with two attached hydrogens (primary N) is 8. The molecule has 3 aromatic carbocycles. The summed E-state index contributed by atoms with van der Waals surface area (Å²) in [6.45, 7) is 2.83. The summed E-state index contributed by atoms with van der Waals surface area (Å²) in [5.41, 5.74) is 50.1. The highest BCUT2D eigenvalue weighted by Gasteiger charge is 2.35. The summed E-state index contributed by atoms with van der Waals surface area (Å²) in [6.07, 6.45) is 14.6. The Labute approximate surface area is 558 Å². The summed E-state index contributed by atoms with van der Waals surface area (Å²) >= 11 is 0. The number of unbranched alkanes of at least 4 members (excludes halogenated alkanes) is 7. The van der Waals surface area contributed by atoms with Crippen molar-refractivity contribution in [1.29, 1.82) is 0 Å². The van der Waals surface area contributed by atoms with E-state index in [1.807, 2.05) is 72.8 Å². The van der Waals surface area contributed by atoms with Crippen LogP contribution in [0.15, 0.2) is 106 Å². The van der Waals surface area contributed by atoms with Gasteiger partial charge in [-0.2, -0.15) is 0 Å². The number of amides is 8. The molecule has 29 nitrogen and oxygen atoms in total. The molecule has 8 amide bonds. The van der Waals surface area contributed by atoms with Crippen LogP contribution in [0.3, 0.4) is 0 Å². The molecule has 0 fully saturated rings. The third kappa shape index (κ3) is 24.9. The van der Waals surface area contributed by atoms with Gasteiger partial charge in [0.1, 0.15) is 36.3 Å². The maximum absolute atomic E-state index is 15.3. The van der Waals surface area contributed by atoms with E-state index in [0.717, 1.165) is 58.4 Å². The maximum Gasteiger partial charge on any atom is 0.243 e. The number of H-pyrrole nitrogens is 3. The van der Waals surface area contributed by atoms with Crippen molar-refractivity contribution < 1.29 is 38.4 Å². The summed E-state index contributed by atoms with van der Waals surface area (Å²) in [6, 6.07) is 12.9. The van der Waals surface area contributed by atoms with Gasteiger partial charge in [-0.25, -0.2) is 0 Å². The Kier molecular flexibility index (Phi) is 30.8. The average Bonchev–Trinajstić information content (AvgIpc) is 1.65. The zero-order valence-electron chi connectivity index (χ0n) is 54.9. The molecule has 0 aliphatic heterocycles. The van der Waals surface area contributed by atoms with Gasteiger partial charge >= 0.3 is 0 Å². The minimum atomic E-state index is -1.46. The van der Waals surface area contributed by atoms with Gasteiger partial charge in [-0.05, 0) is 99.1 Å². The fourth-order valence-electron chi connectivity index (χ4n) is 11.3. The van der Waals surface area contributed by atoms with Crippen molar-refractivity contribution in [3.63, 3.8) is 0 Å². The van der Waals surface area contributed by atoms with Crippen LogP contribution in [-0.4, -0.2) is 149 Å². The minimum absolute atomic E-state index is 0.0360. The number of hydrogen-bond acceptors (Lipinski definition) is 12. The Bertz CT molecular complexity index is 3600. The van der Waals surface area contributed by atoms with Gasteiger partial charge in [0.2, 0.25) is 47.3 Å². The molecule has 26 N–H and O–H groups in total. The highest BCUT2D eigenvalue weighted by atomic mass is 16.2. The first kappa shape index (κ1) is 74.8. The number of aromatic nitrogens is 3. The predicted molar refractivity (Wildman–Crippen MR) is 374 cm³/mol. The number of nitrogens with one attached hydrogen (secondary N) is 10. The zero-order chi connectivity index (χ0) is 69.4. The van der Waals surface area contributed by atoms with Gasteiger partial charge < -0.3 is 98.0 Å². The highest BCUT2D eigenvalue weighted by molar-refractivity contribution is 5.99. The standard InChI is InChI=1S/C67H99N21O8/c1-2-3-4-5-6-7-8-30-57(89)76-31-16-15-27-51(58(69)90)83-62(94)55(36-42-39-81-49-25-13-10-21-45(42)49)87-60(92)53(29-19-34-79-67(74)75)85-64(96)56(37-43-40-82-50-26-14-11-22-46(43)50)88-61(93)52(28-18-33-78-66(72)73)84-63(95)54(35-41-38-80-48-24-12-9-20-44(41)48)86-59(91)47(68)23-17-32-77-65(70)71/h9-14,20-22,24-26,38-40,47,51-56,80-82H,2-8,15-19,23,27-37,68H2,1H3,(H2,69,90)(H,76,89)(H,83,94)(H,84,95)(H,85,96)(H,86,91)(H,87,92)(H,88,93)(H4,70,71,77)(H4,72,73,78)(H4,74,75,79)/t47-,51+,52+,53-,54+,55-,56-/m1/s1. The number of rotatable bonds is 44. The fourth-order valence-corrected chi connectivity index (χ4v) is 11.3. The molecule has 7 atom stereocenters.